The summed E-state index contributed by atoms with van der Waals surface area (Å²) < 4.78 is 31.8. The number of aromatic nitrogens is 1. The van der Waals surface area contributed by atoms with Gasteiger partial charge in [-0.25, -0.2) is 13.4 Å². The van der Waals surface area contributed by atoms with Crippen LogP contribution in [0.5, 0.6) is 0 Å². The predicted molar refractivity (Wildman–Crippen MR) is 99.4 cm³/mol. The fourth-order valence-corrected chi connectivity index (χ4v) is 4.51. The molecule has 3 aromatic rings. The molecule has 0 radical (unpaired) electrons. The molecule has 3 rings (SSSR count). The Bertz CT molecular complexity index is 981. The van der Waals surface area contributed by atoms with Crippen molar-refractivity contribution >= 4 is 54.9 Å². The molecule has 0 unspecified atom stereocenters. The van der Waals surface area contributed by atoms with Crippen LogP contribution < -0.4 is 10.0 Å². The number of hydrogen-bond donors (Lipinski definition) is 2. The van der Waals surface area contributed by atoms with Crippen molar-refractivity contribution < 1.29 is 17.6 Å². The molecule has 2 heterocycles. The third-order valence-corrected chi connectivity index (χ3v) is 5.81. The van der Waals surface area contributed by atoms with Gasteiger partial charge in [0.25, 0.3) is 0 Å². The molecule has 2 aromatic heterocycles. The number of rotatable bonds is 7. The molecule has 0 bridgehead atoms. The normalized spacial score (nSPS) is 11.6. The number of thiazole rings is 1. The van der Waals surface area contributed by atoms with Crippen molar-refractivity contribution in [3.05, 3.63) is 42.4 Å². The Kier molecular flexibility index (Phi) is 5.30. The number of nitrogens with zero attached hydrogens (tertiary/aromatic N) is 1. The molecule has 1 aromatic carbocycles. The summed E-state index contributed by atoms with van der Waals surface area (Å²) in [6, 6.07) is 8.70. The number of carbonyl (C=O) groups is 1. The van der Waals surface area contributed by atoms with Crippen LogP contribution in [0.15, 0.2) is 45.4 Å². The number of sulfonamides is 1. The van der Waals surface area contributed by atoms with Gasteiger partial charge in [0.15, 0.2) is 4.34 Å². The zero-order valence-electron chi connectivity index (χ0n) is 13.2. The minimum absolute atomic E-state index is 0.111. The fourth-order valence-electron chi connectivity index (χ4n) is 2.02. The Morgan fingerprint density at radius 2 is 2.20 bits per heavy atom. The van der Waals surface area contributed by atoms with Gasteiger partial charge in [-0.05, 0) is 30.3 Å². The van der Waals surface area contributed by atoms with Crippen molar-refractivity contribution in [1.82, 2.24) is 10.3 Å². The van der Waals surface area contributed by atoms with Crippen LogP contribution in [-0.2, 0) is 21.4 Å². The number of carbonyl (C=O) groups excluding carboxylic acids is 1. The summed E-state index contributed by atoms with van der Waals surface area (Å²) in [6.45, 7) is 0.354. The second-order valence-corrected chi connectivity index (χ2v) is 9.18. The quantitative estimate of drug-likeness (QED) is 0.595. The summed E-state index contributed by atoms with van der Waals surface area (Å²) in [5, 5.41) is 2.77. The number of furan rings is 1. The van der Waals surface area contributed by atoms with E-state index in [1.165, 1.54) is 23.1 Å². The molecular weight excluding hydrogens is 382 g/mol. The molecule has 7 nitrogen and oxygen atoms in total. The van der Waals surface area contributed by atoms with Gasteiger partial charge in [0.1, 0.15) is 5.76 Å². The smallest absolute Gasteiger partial charge is 0.230 e. The number of nitrogens with one attached hydrogen (secondary N) is 2. The summed E-state index contributed by atoms with van der Waals surface area (Å²) in [6.07, 6.45) is 2.66. The summed E-state index contributed by atoms with van der Waals surface area (Å²) in [5.41, 5.74) is 1.26. The number of hydrogen-bond acceptors (Lipinski definition) is 7. The van der Waals surface area contributed by atoms with E-state index in [0.29, 0.717) is 18.0 Å². The van der Waals surface area contributed by atoms with Crippen LogP contribution in [0.4, 0.5) is 5.69 Å². The van der Waals surface area contributed by atoms with Crippen LogP contribution in [0.25, 0.3) is 10.2 Å². The lowest BCUT2D eigenvalue weighted by atomic mass is 10.3. The van der Waals surface area contributed by atoms with Crippen LogP contribution in [0.2, 0.25) is 0 Å². The first-order valence-electron chi connectivity index (χ1n) is 7.19. The zero-order chi connectivity index (χ0) is 17.9. The van der Waals surface area contributed by atoms with Crippen molar-refractivity contribution in [1.29, 1.82) is 0 Å². The average Bonchev–Trinajstić information content (AvgIpc) is 3.18. The summed E-state index contributed by atoms with van der Waals surface area (Å²) in [4.78, 5) is 16.3. The first kappa shape index (κ1) is 17.8. The van der Waals surface area contributed by atoms with Gasteiger partial charge in [0, 0.05) is 0 Å². The molecule has 0 saturated heterocycles. The molecule has 0 spiro atoms. The molecule has 0 atom stereocenters. The second kappa shape index (κ2) is 7.46. The lowest BCUT2D eigenvalue weighted by Gasteiger charge is -2.02. The van der Waals surface area contributed by atoms with Gasteiger partial charge in [0.05, 0.1) is 40.7 Å². The third kappa shape index (κ3) is 5.21. The monoisotopic (exact) mass is 397 g/mol. The van der Waals surface area contributed by atoms with E-state index in [0.717, 1.165) is 20.8 Å². The molecule has 0 aliphatic rings. The standard InChI is InChI=1S/C15H15N3O4S3/c1-25(20,21)18-10-4-5-12-13(7-10)24-15(17-12)23-9-14(19)16-8-11-3-2-6-22-11/h2-7,18H,8-9H2,1H3,(H,16,19). The maximum Gasteiger partial charge on any atom is 0.230 e. The molecule has 2 N–H and O–H groups in total. The highest BCUT2D eigenvalue weighted by atomic mass is 32.2. The first-order valence-corrected chi connectivity index (χ1v) is 10.9. The molecule has 0 aliphatic carbocycles. The van der Waals surface area contributed by atoms with E-state index in [1.807, 2.05) is 0 Å². The lowest BCUT2D eigenvalue weighted by Crippen LogP contribution is -2.24. The highest BCUT2D eigenvalue weighted by molar-refractivity contribution is 8.01. The Balaban J connectivity index is 1.59. The van der Waals surface area contributed by atoms with Crippen LogP contribution in [-0.4, -0.2) is 31.3 Å². The highest BCUT2D eigenvalue weighted by Crippen LogP contribution is 2.31. The van der Waals surface area contributed by atoms with Crippen molar-refractivity contribution in [3.8, 4) is 0 Å². The topological polar surface area (TPSA) is 101 Å². The van der Waals surface area contributed by atoms with E-state index < -0.39 is 10.0 Å². The van der Waals surface area contributed by atoms with E-state index in [2.05, 4.69) is 15.0 Å². The molecule has 1 amide bonds. The minimum Gasteiger partial charge on any atom is -0.467 e. The van der Waals surface area contributed by atoms with E-state index in [4.69, 9.17) is 4.42 Å². The highest BCUT2D eigenvalue weighted by Gasteiger charge is 2.10. The Morgan fingerprint density at radius 3 is 2.92 bits per heavy atom. The van der Waals surface area contributed by atoms with Gasteiger partial charge < -0.3 is 9.73 Å². The van der Waals surface area contributed by atoms with Crippen molar-refractivity contribution in [2.75, 3.05) is 16.7 Å². The number of thioether (sulfide) groups is 1. The Labute approximate surface area is 152 Å². The van der Waals surface area contributed by atoms with Gasteiger partial charge in [-0.3, -0.25) is 9.52 Å². The van der Waals surface area contributed by atoms with Crippen molar-refractivity contribution in [2.24, 2.45) is 0 Å². The van der Waals surface area contributed by atoms with E-state index in [9.17, 15) is 13.2 Å². The molecule has 10 heteroatoms. The molecule has 0 fully saturated rings. The summed E-state index contributed by atoms with van der Waals surface area (Å²) in [7, 11) is -3.32. The lowest BCUT2D eigenvalue weighted by molar-refractivity contribution is -0.118. The molecule has 25 heavy (non-hydrogen) atoms. The number of amides is 1. The van der Waals surface area contributed by atoms with Gasteiger partial charge >= 0.3 is 0 Å². The first-order chi connectivity index (χ1) is 11.9. The van der Waals surface area contributed by atoms with Gasteiger partial charge in [-0.1, -0.05) is 11.8 Å². The molecule has 132 valence electrons. The third-order valence-electron chi connectivity index (χ3n) is 3.04. The minimum atomic E-state index is -3.32. The van der Waals surface area contributed by atoms with Gasteiger partial charge in [-0.15, -0.1) is 11.3 Å². The van der Waals surface area contributed by atoms with Gasteiger partial charge in [-0.2, -0.15) is 0 Å². The maximum absolute atomic E-state index is 11.9. The van der Waals surface area contributed by atoms with E-state index >= 15 is 0 Å². The summed E-state index contributed by atoms with van der Waals surface area (Å²) >= 11 is 2.75. The number of benzene rings is 1. The van der Waals surface area contributed by atoms with Crippen molar-refractivity contribution in [3.63, 3.8) is 0 Å². The Morgan fingerprint density at radius 1 is 1.36 bits per heavy atom. The number of fused-ring (bicyclic) bond motifs is 1. The van der Waals surface area contributed by atoms with E-state index in [-0.39, 0.29) is 11.7 Å². The largest absolute Gasteiger partial charge is 0.467 e. The fraction of sp³-hybridized carbons (Fsp3) is 0.200. The average molecular weight is 398 g/mol. The maximum atomic E-state index is 11.9. The molecular formula is C15H15N3O4S3. The van der Waals surface area contributed by atoms with Crippen LogP contribution in [0.3, 0.4) is 0 Å². The van der Waals surface area contributed by atoms with Crippen LogP contribution in [0, 0.1) is 0 Å². The van der Waals surface area contributed by atoms with E-state index in [1.54, 1.807) is 36.6 Å². The van der Waals surface area contributed by atoms with Crippen molar-refractivity contribution in [2.45, 2.75) is 10.9 Å². The summed E-state index contributed by atoms with van der Waals surface area (Å²) in [5.74, 6) is 0.832. The Hall–Kier alpha value is -2.04. The predicted octanol–water partition coefficient (Wildman–Crippen LogP) is 2.67. The second-order valence-electron chi connectivity index (χ2n) is 5.18. The zero-order valence-corrected chi connectivity index (χ0v) is 15.6. The molecule has 0 aliphatic heterocycles. The number of anilines is 1. The SMILES string of the molecule is CS(=O)(=O)Nc1ccc2nc(SCC(=O)NCc3ccco3)sc2c1. The molecule has 0 saturated carbocycles. The van der Waals surface area contributed by atoms with Crippen LogP contribution >= 0.6 is 23.1 Å². The van der Waals surface area contributed by atoms with Gasteiger partial charge in [0.2, 0.25) is 15.9 Å². The van der Waals surface area contributed by atoms with Crippen LogP contribution in [0.1, 0.15) is 5.76 Å².